The molecule has 3 aliphatic heterocycles. The molecule has 3 aliphatic rings. The number of aliphatic hydroxyl groups is 1. The van der Waals surface area contributed by atoms with E-state index in [0.717, 1.165) is 52.0 Å². The Kier molecular flexibility index (Phi) is 6.91. The third kappa shape index (κ3) is 5.31. The number of amides is 1. The molecule has 0 saturated carbocycles. The predicted octanol–water partition coefficient (Wildman–Crippen LogP) is 5.17. The van der Waals surface area contributed by atoms with Crippen LogP contribution in [-0.2, 0) is 19.3 Å². The second-order valence-corrected chi connectivity index (χ2v) is 9.79. The Bertz CT molecular complexity index is 1870. The second kappa shape index (κ2) is 10.7. The zero-order valence-corrected chi connectivity index (χ0v) is 22.3. The van der Waals surface area contributed by atoms with Crippen molar-refractivity contribution < 1.29 is 23.1 Å². The number of aliphatic hydroxyl groups excluding tert-OH is 1. The van der Waals surface area contributed by atoms with Crippen LogP contribution in [0.15, 0.2) is 78.0 Å². The monoisotopic (exact) mass is 571 g/mol. The largest absolute Gasteiger partial charge is 0.416 e. The number of fused-ring (bicyclic) bond motifs is 3. The average molecular weight is 572 g/mol. The van der Waals surface area contributed by atoms with E-state index in [1.54, 1.807) is 30.5 Å². The molecule has 212 valence electrons. The number of carbonyl (C=O) groups excluding carboxylic acids is 1. The fourth-order valence-corrected chi connectivity index (χ4v) is 4.88. The zero-order chi connectivity index (χ0) is 29.4. The SMILES string of the molecule is Cc1ccc(NC(=O)c2cc(C(F)(F)F)ccn2)cc1-c1cc2cnc(=Nc3cccc(CO)c3)nc-2n2c1NCC2. The molecule has 1 amide bonds. The summed E-state index contributed by atoms with van der Waals surface area (Å²) in [5.74, 6) is 0.783. The number of alkyl halides is 3. The number of aromatic nitrogens is 4. The van der Waals surface area contributed by atoms with Gasteiger partial charge >= 0.3 is 6.18 Å². The standard InChI is InChI=1S/C30H24F3N7O2/c1-17-5-6-22(37-28(42)25-13-20(7-8-34-25)30(31,32)33)14-23(17)24-12-19-15-36-29(38-21-4-2-3-18(11-21)16-41)39-26(19)40-10-9-35-27(24)40/h2-8,11-15,35,41H,9-10,16H2,1H3,(H,37,42). The van der Waals surface area contributed by atoms with Crippen molar-refractivity contribution in [1.82, 2.24) is 19.5 Å². The number of aryl methyl sites for hydroxylation is 1. The van der Waals surface area contributed by atoms with Crippen LogP contribution in [0.4, 0.5) is 30.4 Å². The van der Waals surface area contributed by atoms with Crippen LogP contribution < -0.4 is 16.3 Å². The Morgan fingerprint density at radius 1 is 1.10 bits per heavy atom. The van der Waals surface area contributed by atoms with E-state index in [1.807, 2.05) is 35.8 Å². The third-order valence-electron chi connectivity index (χ3n) is 6.92. The number of pyridine rings is 2. The Morgan fingerprint density at radius 2 is 1.95 bits per heavy atom. The smallest absolute Gasteiger partial charge is 0.392 e. The molecule has 2 aromatic carbocycles. The highest BCUT2D eigenvalue weighted by Crippen LogP contribution is 2.39. The van der Waals surface area contributed by atoms with Crippen LogP contribution in [0, 0.1) is 6.92 Å². The zero-order valence-electron chi connectivity index (χ0n) is 22.3. The summed E-state index contributed by atoms with van der Waals surface area (Å²) < 4.78 is 41.4. The normalized spacial score (nSPS) is 13.2. The van der Waals surface area contributed by atoms with Crippen molar-refractivity contribution in [2.24, 2.45) is 4.99 Å². The fraction of sp³-hybridized carbons (Fsp3) is 0.167. The van der Waals surface area contributed by atoms with Crippen LogP contribution in [0.2, 0.25) is 0 Å². The van der Waals surface area contributed by atoms with E-state index in [4.69, 9.17) is 4.98 Å². The first-order valence-corrected chi connectivity index (χ1v) is 13.0. The van der Waals surface area contributed by atoms with E-state index in [2.05, 4.69) is 25.6 Å². The van der Waals surface area contributed by atoms with Crippen molar-refractivity contribution in [1.29, 1.82) is 0 Å². The highest BCUT2D eigenvalue weighted by atomic mass is 19.4. The summed E-state index contributed by atoms with van der Waals surface area (Å²) in [6.45, 7) is 3.18. The minimum absolute atomic E-state index is 0.0911. The number of nitrogens with one attached hydrogen (secondary N) is 2. The maximum Gasteiger partial charge on any atom is 0.416 e. The fourth-order valence-electron chi connectivity index (χ4n) is 4.88. The molecular formula is C30H24F3N7O2. The first-order chi connectivity index (χ1) is 20.2. The van der Waals surface area contributed by atoms with Gasteiger partial charge in [0.25, 0.3) is 11.5 Å². The molecule has 6 rings (SSSR count). The number of anilines is 2. The lowest BCUT2D eigenvalue weighted by Crippen LogP contribution is -2.17. The molecule has 42 heavy (non-hydrogen) atoms. The average Bonchev–Trinajstić information content (AvgIpc) is 3.48. The van der Waals surface area contributed by atoms with Gasteiger partial charge in [-0.2, -0.15) is 18.2 Å². The summed E-state index contributed by atoms with van der Waals surface area (Å²) in [4.78, 5) is 30.3. The van der Waals surface area contributed by atoms with Crippen molar-refractivity contribution in [3.8, 4) is 22.5 Å². The molecule has 0 unspecified atom stereocenters. The van der Waals surface area contributed by atoms with E-state index in [1.165, 1.54) is 0 Å². The van der Waals surface area contributed by atoms with E-state index < -0.39 is 17.6 Å². The third-order valence-corrected chi connectivity index (χ3v) is 6.92. The molecule has 0 bridgehead atoms. The van der Waals surface area contributed by atoms with Gasteiger partial charge in [0.15, 0.2) is 0 Å². The van der Waals surface area contributed by atoms with Crippen LogP contribution in [0.5, 0.6) is 0 Å². The summed E-state index contributed by atoms with van der Waals surface area (Å²) in [5, 5.41) is 15.5. The summed E-state index contributed by atoms with van der Waals surface area (Å²) in [5.41, 5.74) is 4.17. The Hall–Kier alpha value is -5.10. The Balaban J connectivity index is 1.37. The molecule has 3 aromatic rings. The lowest BCUT2D eigenvalue weighted by Gasteiger charge is -2.19. The first-order valence-electron chi connectivity index (χ1n) is 13.0. The lowest BCUT2D eigenvalue weighted by molar-refractivity contribution is -0.137. The lowest BCUT2D eigenvalue weighted by atomic mass is 9.98. The number of hydrogen-bond acceptors (Lipinski definition) is 7. The Morgan fingerprint density at radius 3 is 2.76 bits per heavy atom. The maximum atomic E-state index is 13.1. The number of halogens is 3. The quantitative estimate of drug-likeness (QED) is 0.268. The number of hydrogen-bond donors (Lipinski definition) is 3. The number of carbonyl (C=O) groups is 1. The Labute approximate surface area is 237 Å². The van der Waals surface area contributed by atoms with Crippen LogP contribution in [0.3, 0.4) is 0 Å². The topological polar surface area (TPSA) is 117 Å². The van der Waals surface area contributed by atoms with Crippen molar-refractivity contribution in [3.05, 3.63) is 101 Å². The highest BCUT2D eigenvalue weighted by molar-refractivity contribution is 6.03. The second-order valence-electron chi connectivity index (χ2n) is 9.79. The van der Waals surface area contributed by atoms with Crippen molar-refractivity contribution in [2.75, 3.05) is 17.2 Å². The van der Waals surface area contributed by atoms with Gasteiger partial charge in [0.2, 0.25) is 0 Å². The van der Waals surface area contributed by atoms with Gasteiger partial charge in [0.05, 0.1) is 17.9 Å². The van der Waals surface area contributed by atoms with E-state index >= 15 is 0 Å². The first kappa shape index (κ1) is 27.1. The molecule has 12 heteroatoms. The van der Waals surface area contributed by atoms with Gasteiger partial charge in [-0.15, -0.1) is 0 Å². The van der Waals surface area contributed by atoms with Crippen LogP contribution in [-0.4, -0.2) is 37.1 Å². The minimum atomic E-state index is -4.58. The van der Waals surface area contributed by atoms with Crippen LogP contribution in [0.1, 0.15) is 27.2 Å². The van der Waals surface area contributed by atoms with Crippen molar-refractivity contribution in [2.45, 2.75) is 26.3 Å². The van der Waals surface area contributed by atoms with Crippen LogP contribution in [0.25, 0.3) is 22.5 Å². The van der Waals surface area contributed by atoms with Gasteiger partial charge in [0.1, 0.15) is 17.3 Å². The molecule has 9 nitrogen and oxygen atoms in total. The van der Waals surface area contributed by atoms with Gasteiger partial charge in [0, 0.05) is 42.3 Å². The molecule has 0 fully saturated rings. The molecule has 3 N–H and O–H groups in total. The number of benzene rings is 2. The van der Waals surface area contributed by atoms with Gasteiger partial charge in [-0.05, 0) is 66.1 Å². The van der Waals surface area contributed by atoms with E-state index in [-0.39, 0.29) is 17.9 Å². The molecule has 0 spiro atoms. The van der Waals surface area contributed by atoms with E-state index in [9.17, 15) is 23.1 Å². The molecule has 4 heterocycles. The van der Waals surface area contributed by atoms with Gasteiger partial charge in [-0.1, -0.05) is 18.2 Å². The van der Waals surface area contributed by atoms with Gasteiger partial charge in [-0.3, -0.25) is 9.78 Å². The van der Waals surface area contributed by atoms with Crippen molar-refractivity contribution in [3.63, 3.8) is 0 Å². The maximum absolute atomic E-state index is 13.1. The molecule has 0 atom stereocenters. The summed E-state index contributed by atoms with van der Waals surface area (Å²) in [7, 11) is 0. The number of nitrogens with zero attached hydrogens (tertiary/aromatic N) is 5. The molecule has 0 saturated heterocycles. The molecule has 0 radical (unpaired) electrons. The van der Waals surface area contributed by atoms with Gasteiger partial charge < -0.3 is 20.3 Å². The molecule has 0 aliphatic carbocycles. The van der Waals surface area contributed by atoms with Crippen LogP contribution >= 0.6 is 0 Å². The molecule has 1 aromatic heterocycles. The van der Waals surface area contributed by atoms with E-state index in [0.29, 0.717) is 30.3 Å². The molecular weight excluding hydrogens is 547 g/mol. The van der Waals surface area contributed by atoms with Gasteiger partial charge in [-0.25, -0.2) is 9.98 Å². The van der Waals surface area contributed by atoms with Crippen molar-refractivity contribution >= 4 is 23.1 Å². The predicted molar refractivity (Wildman–Crippen MR) is 150 cm³/mol. The number of rotatable bonds is 5. The highest BCUT2D eigenvalue weighted by Gasteiger charge is 2.31. The summed E-state index contributed by atoms with van der Waals surface area (Å²) in [6, 6.07) is 16.0. The minimum Gasteiger partial charge on any atom is -0.392 e. The summed E-state index contributed by atoms with van der Waals surface area (Å²) >= 11 is 0. The summed E-state index contributed by atoms with van der Waals surface area (Å²) in [6.07, 6.45) is -1.92.